The number of nitrogens with one attached hydrogen (secondary N) is 2. The van der Waals surface area contributed by atoms with Crippen molar-refractivity contribution in [2.45, 2.75) is 6.92 Å². The molecule has 0 amide bonds. The Morgan fingerprint density at radius 3 is 2.90 bits per heavy atom. The van der Waals surface area contributed by atoms with Crippen LogP contribution >= 0.6 is 12.2 Å². The Labute approximate surface area is 121 Å². The second-order valence-electron chi connectivity index (χ2n) is 3.91. The number of furan rings is 1. The molecule has 0 saturated heterocycles. The third kappa shape index (κ3) is 3.64. The number of rotatable bonds is 4. The summed E-state index contributed by atoms with van der Waals surface area (Å²) in [6.07, 6.45) is 1.48. The first-order valence-electron chi connectivity index (χ1n) is 6.12. The molecule has 1 aromatic heterocycles. The maximum absolute atomic E-state index is 13.6. The molecule has 0 radical (unpaired) electrons. The zero-order valence-electron chi connectivity index (χ0n) is 10.9. The molecule has 2 rings (SSSR count). The smallest absolute Gasteiger partial charge is 0.186 e. The number of nitrogens with zero attached hydrogens (tertiary/aromatic N) is 1. The van der Waals surface area contributed by atoms with Crippen molar-refractivity contribution in [3.63, 3.8) is 0 Å². The second kappa shape index (κ2) is 6.81. The summed E-state index contributed by atoms with van der Waals surface area (Å²) in [5.74, 6) is 0.644. The Kier molecular flexibility index (Phi) is 4.84. The van der Waals surface area contributed by atoms with E-state index < -0.39 is 0 Å². The zero-order valence-corrected chi connectivity index (χ0v) is 11.7. The molecule has 0 unspecified atom stereocenters. The number of benzene rings is 1. The molecular weight excluding hydrogens is 277 g/mol. The summed E-state index contributed by atoms with van der Waals surface area (Å²) < 4.78 is 19.1. The number of hydrogen-bond donors (Lipinski definition) is 2. The molecule has 2 N–H and O–H groups in total. The van der Waals surface area contributed by atoms with Crippen molar-refractivity contribution in [1.82, 2.24) is 10.7 Å². The van der Waals surface area contributed by atoms with Crippen molar-refractivity contribution in [2.75, 3.05) is 6.54 Å². The predicted octanol–water partition coefficient (Wildman–Crippen LogP) is 2.90. The molecule has 2 aromatic rings. The summed E-state index contributed by atoms with van der Waals surface area (Å²) in [6.45, 7) is 2.66. The SMILES string of the molecule is CCNC(=S)N/N=C\c1ccc(-c2ccccc2F)o1. The summed E-state index contributed by atoms with van der Waals surface area (Å²) in [4.78, 5) is 0. The predicted molar refractivity (Wildman–Crippen MR) is 81.1 cm³/mol. The van der Waals surface area contributed by atoms with E-state index in [1.807, 2.05) is 6.92 Å². The van der Waals surface area contributed by atoms with E-state index in [1.54, 1.807) is 30.3 Å². The molecule has 1 heterocycles. The molecule has 0 fully saturated rings. The Hall–Kier alpha value is -2.21. The maximum Gasteiger partial charge on any atom is 0.186 e. The molecule has 0 saturated carbocycles. The van der Waals surface area contributed by atoms with Gasteiger partial charge in [0.15, 0.2) is 5.11 Å². The van der Waals surface area contributed by atoms with E-state index in [4.69, 9.17) is 16.6 Å². The molecule has 0 aliphatic carbocycles. The highest BCUT2D eigenvalue weighted by molar-refractivity contribution is 7.80. The Bertz CT molecular complexity index is 624. The number of hydrogen-bond acceptors (Lipinski definition) is 3. The van der Waals surface area contributed by atoms with E-state index in [9.17, 15) is 4.39 Å². The van der Waals surface area contributed by atoms with Crippen LogP contribution in [0, 0.1) is 5.82 Å². The molecule has 104 valence electrons. The van der Waals surface area contributed by atoms with E-state index >= 15 is 0 Å². The average Bonchev–Trinajstić information content (AvgIpc) is 2.88. The summed E-state index contributed by atoms with van der Waals surface area (Å²) >= 11 is 4.95. The minimum absolute atomic E-state index is 0.322. The first-order valence-corrected chi connectivity index (χ1v) is 6.53. The molecule has 0 aliphatic heterocycles. The van der Waals surface area contributed by atoms with Crippen LogP contribution in [-0.4, -0.2) is 17.9 Å². The van der Waals surface area contributed by atoms with Crippen molar-refractivity contribution < 1.29 is 8.81 Å². The third-order valence-corrected chi connectivity index (χ3v) is 2.70. The molecule has 20 heavy (non-hydrogen) atoms. The van der Waals surface area contributed by atoms with Gasteiger partial charge in [0.05, 0.1) is 11.8 Å². The summed E-state index contributed by atoms with van der Waals surface area (Å²) in [7, 11) is 0. The second-order valence-corrected chi connectivity index (χ2v) is 4.32. The van der Waals surface area contributed by atoms with E-state index in [1.165, 1.54) is 12.3 Å². The van der Waals surface area contributed by atoms with Gasteiger partial charge in [-0.1, -0.05) is 12.1 Å². The molecular formula is C14H14FN3OS. The highest BCUT2D eigenvalue weighted by Gasteiger charge is 2.07. The molecule has 6 heteroatoms. The van der Waals surface area contributed by atoms with E-state index in [2.05, 4.69) is 15.8 Å². The van der Waals surface area contributed by atoms with Crippen molar-refractivity contribution in [3.05, 3.63) is 48.0 Å². The molecule has 0 atom stereocenters. The average molecular weight is 291 g/mol. The lowest BCUT2D eigenvalue weighted by Crippen LogP contribution is -2.31. The van der Waals surface area contributed by atoms with Crippen LogP contribution in [0.1, 0.15) is 12.7 Å². The highest BCUT2D eigenvalue weighted by Crippen LogP contribution is 2.23. The Balaban J connectivity index is 2.05. The monoisotopic (exact) mass is 291 g/mol. The number of halogens is 1. The van der Waals surface area contributed by atoms with Crippen LogP contribution in [0.15, 0.2) is 45.9 Å². The minimum Gasteiger partial charge on any atom is -0.455 e. The van der Waals surface area contributed by atoms with Crippen LogP contribution in [-0.2, 0) is 0 Å². The van der Waals surface area contributed by atoms with Gasteiger partial charge in [-0.05, 0) is 43.4 Å². The Morgan fingerprint density at radius 1 is 1.35 bits per heavy atom. The van der Waals surface area contributed by atoms with Crippen molar-refractivity contribution in [1.29, 1.82) is 0 Å². The van der Waals surface area contributed by atoms with Crippen LogP contribution in [0.3, 0.4) is 0 Å². The van der Waals surface area contributed by atoms with Gasteiger partial charge >= 0.3 is 0 Å². The lowest BCUT2D eigenvalue weighted by Gasteiger charge is -2.01. The summed E-state index contributed by atoms with van der Waals surface area (Å²) in [5.41, 5.74) is 3.07. The molecule has 1 aromatic carbocycles. The number of thiocarbonyl (C=S) groups is 1. The fraction of sp³-hybridized carbons (Fsp3) is 0.143. The van der Waals surface area contributed by atoms with Gasteiger partial charge in [0.2, 0.25) is 0 Å². The summed E-state index contributed by atoms with van der Waals surface area (Å²) in [6, 6.07) is 9.85. The highest BCUT2D eigenvalue weighted by atomic mass is 32.1. The van der Waals surface area contributed by atoms with Gasteiger partial charge in [-0.2, -0.15) is 5.10 Å². The van der Waals surface area contributed by atoms with Crippen molar-refractivity contribution in [2.24, 2.45) is 5.10 Å². The number of hydrazone groups is 1. The molecule has 0 bridgehead atoms. The quantitative estimate of drug-likeness (QED) is 0.516. The van der Waals surface area contributed by atoms with Gasteiger partial charge < -0.3 is 9.73 Å². The van der Waals surface area contributed by atoms with Crippen molar-refractivity contribution in [3.8, 4) is 11.3 Å². The largest absolute Gasteiger partial charge is 0.455 e. The fourth-order valence-electron chi connectivity index (χ4n) is 1.58. The minimum atomic E-state index is -0.322. The Morgan fingerprint density at radius 2 is 2.15 bits per heavy atom. The lowest BCUT2D eigenvalue weighted by atomic mass is 10.1. The lowest BCUT2D eigenvalue weighted by molar-refractivity contribution is 0.563. The van der Waals surface area contributed by atoms with Crippen LogP contribution in [0.25, 0.3) is 11.3 Å². The van der Waals surface area contributed by atoms with Gasteiger partial charge in [0.25, 0.3) is 0 Å². The van der Waals surface area contributed by atoms with Gasteiger partial charge in [-0.25, -0.2) is 4.39 Å². The first kappa shape index (κ1) is 14.2. The van der Waals surface area contributed by atoms with Gasteiger partial charge in [-0.15, -0.1) is 0 Å². The molecule has 0 aliphatic rings. The molecule has 4 nitrogen and oxygen atoms in total. The zero-order chi connectivity index (χ0) is 14.4. The van der Waals surface area contributed by atoms with Crippen LogP contribution in [0.5, 0.6) is 0 Å². The van der Waals surface area contributed by atoms with Crippen molar-refractivity contribution >= 4 is 23.5 Å². The normalized spacial score (nSPS) is 10.7. The van der Waals surface area contributed by atoms with Crippen LogP contribution < -0.4 is 10.7 Å². The molecule has 0 spiro atoms. The topological polar surface area (TPSA) is 49.6 Å². The standard InChI is InChI=1S/C14H14FN3OS/c1-2-16-14(20)18-17-9-10-7-8-13(19-10)11-5-3-4-6-12(11)15/h3-9H,2H2,1H3,(H2,16,18,20)/b17-9-. The maximum atomic E-state index is 13.6. The van der Waals surface area contributed by atoms with E-state index in [0.717, 1.165) is 6.54 Å². The van der Waals surface area contributed by atoms with Gasteiger partial charge in [0, 0.05) is 6.54 Å². The summed E-state index contributed by atoms with van der Waals surface area (Å²) in [5, 5.41) is 7.25. The van der Waals surface area contributed by atoms with Crippen LogP contribution in [0.2, 0.25) is 0 Å². The van der Waals surface area contributed by atoms with E-state index in [-0.39, 0.29) is 5.82 Å². The van der Waals surface area contributed by atoms with Crippen LogP contribution in [0.4, 0.5) is 4.39 Å². The van der Waals surface area contributed by atoms with Gasteiger partial charge in [-0.3, -0.25) is 5.43 Å². The first-order chi connectivity index (χ1) is 9.70. The van der Waals surface area contributed by atoms with E-state index in [0.29, 0.717) is 22.2 Å². The van der Waals surface area contributed by atoms with Gasteiger partial charge in [0.1, 0.15) is 17.3 Å². The third-order valence-electron chi connectivity index (χ3n) is 2.46. The fourth-order valence-corrected chi connectivity index (χ4v) is 1.78.